The number of fused-ring (bicyclic) bond motifs is 1. The molecule has 21 heavy (non-hydrogen) atoms. The van der Waals surface area contributed by atoms with E-state index >= 15 is 0 Å². The lowest BCUT2D eigenvalue weighted by atomic mass is 9.97. The summed E-state index contributed by atoms with van der Waals surface area (Å²) >= 11 is 0. The minimum absolute atomic E-state index is 0.564. The van der Waals surface area contributed by atoms with E-state index in [0.29, 0.717) is 5.92 Å². The van der Waals surface area contributed by atoms with Crippen LogP contribution in [-0.4, -0.2) is 44.7 Å². The molecule has 1 aliphatic rings. The molecule has 0 amide bonds. The first-order chi connectivity index (χ1) is 10.3. The third-order valence-electron chi connectivity index (χ3n) is 4.38. The number of nitrogens with one attached hydrogen (secondary N) is 1. The molecule has 2 aromatic carbocycles. The maximum absolute atomic E-state index is 5.29. The number of rotatable bonds is 4. The van der Waals surface area contributed by atoms with Crippen LogP contribution >= 0.6 is 0 Å². The molecule has 0 bridgehead atoms. The van der Waals surface area contributed by atoms with E-state index < -0.39 is 0 Å². The Morgan fingerprint density at radius 1 is 1.10 bits per heavy atom. The maximum Gasteiger partial charge on any atom is 0.119 e. The molecule has 0 saturated carbocycles. The van der Waals surface area contributed by atoms with E-state index in [4.69, 9.17) is 4.74 Å². The summed E-state index contributed by atoms with van der Waals surface area (Å²) in [5.41, 5.74) is 1.42. The Morgan fingerprint density at radius 2 is 1.81 bits per heavy atom. The van der Waals surface area contributed by atoms with Gasteiger partial charge in [-0.1, -0.05) is 31.2 Å². The van der Waals surface area contributed by atoms with Gasteiger partial charge in [0.1, 0.15) is 5.75 Å². The first-order valence-electron chi connectivity index (χ1n) is 7.77. The van der Waals surface area contributed by atoms with Gasteiger partial charge in [0, 0.05) is 32.7 Å². The number of ether oxygens (including phenoxy) is 1. The van der Waals surface area contributed by atoms with Gasteiger partial charge in [-0.05, 0) is 34.4 Å². The fraction of sp³-hybridized carbons (Fsp3) is 0.444. The average molecular weight is 284 g/mol. The van der Waals surface area contributed by atoms with Crippen molar-refractivity contribution in [2.45, 2.75) is 12.8 Å². The van der Waals surface area contributed by atoms with Gasteiger partial charge in [0.15, 0.2) is 0 Å². The van der Waals surface area contributed by atoms with Crippen LogP contribution in [0.3, 0.4) is 0 Å². The van der Waals surface area contributed by atoms with Gasteiger partial charge in [-0.2, -0.15) is 0 Å². The van der Waals surface area contributed by atoms with Crippen LogP contribution < -0.4 is 10.1 Å². The maximum atomic E-state index is 5.29. The van der Waals surface area contributed by atoms with Gasteiger partial charge >= 0.3 is 0 Å². The molecule has 2 aromatic rings. The SMILES string of the molecule is COc1ccc2cc(C(C)CN3CCNCC3)ccc2c1. The molecule has 3 nitrogen and oxygen atoms in total. The van der Waals surface area contributed by atoms with Crippen LogP contribution in [0.5, 0.6) is 5.75 Å². The summed E-state index contributed by atoms with van der Waals surface area (Å²) in [5.74, 6) is 1.48. The normalized spacial score (nSPS) is 17.8. The van der Waals surface area contributed by atoms with Gasteiger partial charge in [0.05, 0.1) is 7.11 Å². The molecule has 3 rings (SSSR count). The van der Waals surface area contributed by atoms with Crippen molar-refractivity contribution in [1.82, 2.24) is 10.2 Å². The number of benzene rings is 2. The Balaban J connectivity index is 1.76. The van der Waals surface area contributed by atoms with Crippen molar-refractivity contribution in [3.63, 3.8) is 0 Å². The Labute approximate surface area is 126 Å². The topological polar surface area (TPSA) is 24.5 Å². The largest absolute Gasteiger partial charge is 0.497 e. The molecule has 3 heteroatoms. The lowest BCUT2D eigenvalue weighted by Crippen LogP contribution is -2.44. The van der Waals surface area contributed by atoms with Crippen molar-refractivity contribution in [2.75, 3.05) is 39.8 Å². The van der Waals surface area contributed by atoms with Crippen LogP contribution in [0.15, 0.2) is 36.4 Å². The Kier molecular flexibility index (Phi) is 4.42. The number of hydrogen-bond acceptors (Lipinski definition) is 3. The lowest BCUT2D eigenvalue weighted by molar-refractivity contribution is 0.230. The zero-order valence-corrected chi connectivity index (χ0v) is 12.9. The van der Waals surface area contributed by atoms with Crippen molar-refractivity contribution in [2.24, 2.45) is 0 Å². The number of hydrogen-bond donors (Lipinski definition) is 1. The smallest absolute Gasteiger partial charge is 0.119 e. The highest BCUT2D eigenvalue weighted by atomic mass is 16.5. The molecule has 1 fully saturated rings. The molecule has 1 heterocycles. The van der Waals surface area contributed by atoms with Gasteiger partial charge < -0.3 is 15.0 Å². The van der Waals surface area contributed by atoms with E-state index in [2.05, 4.69) is 47.5 Å². The molecule has 0 aliphatic carbocycles. The lowest BCUT2D eigenvalue weighted by Gasteiger charge is -2.29. The minimum atomic E-state index is 0.564. The second kappa shape index (κ2) is 6.46. The molecular weight excluding hydrogens is 260 g/mol. The van der Waals surface area contributed by atoms with Crippen molar-refractivity contribution >= 4 is 10.8 Å². The highest BCUT2D eigenvalue weighted by Gasteiger charge is 2.14. The molecule has 1 unspecified atom stereocenters. The van der Waals surface area contributed by atoms with Crippen molar-refractivity contribution in [3.05, 3.63) is 42.0 Å². The van der Waals surface area contributed by atoms with Gasteiger partial charge in [0.2, 0.25) is 0 Å². The van der Waals surface area contributed by atoms with Gasteiger partial charge in [-0.15, -0.1) is 0 Å². The summed E-state index contributed by atoms with van der Waals surface area (Å²) in [4.78, 5) is 2.55. The molecule has 1 saturated heterocycles. The second-order valence-corrected chi connectivity index (χ2v) is 5.92. The standard InChI is InChI=1S/C18H24N2O/c1-14(13-20-9-7-19-8-10-20)15-3-4-17-12-18(21-2)6-5-16(17)11-15/h3-6,11-12,14,19H,7-10,13H2,1-2H3. The third-order valence-corrected chi connectivity index (χ3v) is 4.38. The van der Waals surface area contributed by atoms with E-state index in [1.165, 1.54) is 16.3 Å². The van der Waals surface area contributed by atoms with Crippen molar-refractivity contribution < 1.29 is 4.74 Å². The molecule has 0 spiro atoms. The average Bonchev–Trinajstić information content (AvgIpc) is 2.54. The summed E-state index contributed by atoms with van der Waals surface area (Å²) in [6, 6.07) is 13.1. The zero-order chi connectivity index (χ0) is 14.7. The monoisotopic (exact) mass is 284 g/mol. The molecule has 1 N–H and O–H groups in total. The Bertz CT molecular complexity index is 605. The second-order valence-electron chi connectivity index (χ2n) is 5.92. The van der Waals surface area contributed by atoms with Gasteiger partial charge in [0.25, 0.3) is 0 Å². The molecule has 0 aromatic heterocycles. The van der Waals surface area contributed by atoms with Crippen molar-refractivity contribution in [3.8, 4) is 5.75 Å². The number of piperazine rings is 1. The third kappa shape index (κ3) is 3.36. The van der Waals surface area contributed by atoms with E-state index in [1.807, 2.05) is 6.07 Å². The Hall–Kier alpha value is -1.58. The summed E-state index contributed by atoms with van der Waals surface area (Å²) in [6.45, 7) is 8.02. The number of nitrogens with zero attached hydrogens (tertiary/aromatic N) is 1. The minimum Gasteiger partial charge on any atom is -0.497 e. The van der Waals surface area contributed by atoms with Crippen LogP contribution in [0, 0.1) is 0 Å². The van der Waals surface area contributed by atoms with Gasteiger partial charge in [-0.25, -0.2) is 0 Å². The Morgan fingerprint density at radius 3 is 2.57 bits per heavy atom. The predicted octanol–water partition coefficient (Wildman–Crippen LogP) is 2.86. The summed E-state index contributed by atoms with van der Waals surface area (Å²) in [5, 5.41) is 5.94. The summed E-state index contributed by atoms with van der Waals surface area (Å²) in [6.07, 6.45) is 0. The van der Waals surface area contributed by atoms with E-state index in [1.54, 1.807) is 7.11 Å². The highest BCUT2D eigenvalue weighted by Crippen LogP contribution is 2.25. The van der Waals surface area contributed by atoms with Crippen LogP contribution in [-0.2, 0) is 0 Å². The number of methoxy groups -OCH3 is 1. The summed E-state index contributed by atoms with van der Waals surface area (Å²) < 4.78 is 5.29. The fourth-order valence-electron chi connectivity index (χ4n) is 3.06. The van der Waals surface area contributed by atoms with Crippen LogP contribution in [0.4, 0.5) is 0 Å². The molecule has 1 atom stereocenters. The van der Waals surface area contributed by atoms with E-state index in [-0.39, 0.29) is 0 Å². The first kappa shape index (κ1) is 14.4. The molecule has 112 valence electrons. The highest BCUT2D eigenvalue weighted by molar-refractivity contribution is 5.84. The van der Waals surface area contributed by atoms with E-state index in [0.717, 1.165) is 38.5 Å². The van der Waals surface area contributed by atoms with Crippen molar-refractivity contribution in [1.29, 1.82) is 0 Å². The molecular formula is C18H24N2O. The molecule has 1 aliphatic heterocycles. The predicted molar refractivity (Wildman–Crippen MR) is 88.2 cm³/mol. The van der Waals surface area contributed by atoms with Crippen LogP contribution in [0.1, 0.15) is 18.4 Å². The van der Waals surface area contributed by atoms with Crippen LogP contribution in [0.2, 0.25) is 0 Å². The van der Waals surface area contributed by atoms with Crippen LogP contribution in [0.25, 0.3) is 10.8 Å². The summed E-state index contributed by atoms with van der Waals surface area (Å²) in [7, 11) is 1.71. The zero-order valence-electron chi connectivity index (χ0n) is 12.9. The quantitative estimate of drug-likeness (QED) is 0.934. The fourth-order valence-corrected chi connectivity index (χ4v) is 3.06. The van der Waals surface area contributed by atoms with Gasteiger partial charge in [-0.3, -0.25) is 0 Å². The first-order valence-corrected chi connectivity index (χ1v) is 7.77. The van der Waals surface area contributed by atoms with E-state index in [9.17, 15) is 0 Å². The molecule has 0 radical (unpaired) electrons.